The Morgan fingerprint density at radius 3 is 1.46 bits per heavy atom. The number of hydrogen-bond donors (Lipinski definition) is 0. The molecule has 0 unspecified atom stereocenters. The summed E-state index contributed by atoms with van der Waals surface area (Å²) in [7, 11) is 0. The molecule has 3 aliphatic rings. The van der Waals surface area contributed by atoms with Gasteiger partial charge in [-0.05, 0) is 11.1 Å². The molecule has 5 aromatic rings. The van der Waals surface area contributed by atoms with Gasteiger partial charge in [0.1, 0.15) is 0 Å². The van der Waals surface area contributed by atoms with Crippen molar-refractivity contribution in [1.29, 1.82) is 0 Å². The third-order valence-electron chi connectivity index (χ3n) is 9.34. The van der Waals surface area contributed by atoms with Gasteiger partial charge in [0.2, 0.25) is 0 Å². The van der Waals surface area contributed by atoms with Gasteiger partial charge >= 0.3 is 137 Å². The number of hydrogen-bond acceptors (Lipinski definition) is 0. The molecule has 52 heavy (non-hydrogen) atoms. The van der Waals surface area contributed by atoms with Gasteiger partial charge in [-0.1, -0.05) is 75.3 Å². The van der Waals surface area contributed by atoms with Crippen molar-refractivity contribution >= 4 is 36.9 Å². The summed E-state index contributed by atoms with van der Waals surface area (Å²) in [4.78, 5) is 0. The maximum Gasteiger partial charge on any atom is -0.109 e. The van der Waals surface area contributed by atoms with E-state index in [-0.39, 0.29) is 46.8 Å². The second-order valence-corrected chi connectivity index (χ2v) is 15.1. The molecule has 0 radical (unpaired) electrons. The number of alkyl halides is 6. The third-order valence-corrected chi connectivity index (χ3v) is 10.8. The summed E-state index contributed by atoms with van der Waals surface area (Å²) in [6.07, 6.45) is 10.2. The van der Waals surface area contributed by atoms with Crippen LogP contribution in [0.4, 0.5) is 26.3 Å². The maximum atomic E-state index is 12.7. The summed E-state index contributed by atoms with van der Waals surface area (Å²) in [5.74, 6) is 0. The number of allylic oxidation sites excluding steroid dienone is 6. The van der Waals surface area contributed by atoms with E-state index in [9.17, 15) is 26.3 Å². The van der Waals surface area contributed by atoms with Crippen molar-refractivity contribution in [2.75, 3.05) is 0 Å². The number of benzene rings is 4. The molecule has 0 amide bonds. The van der Waals surface area contributed by atoms with Crippen LogP contribution in [0.2, 0.25) is 0 Å². The molecular formula is C43H34Cl2F6Zr-2. The Morgan fingerprint density at radius 2 is 1.12 bits per heavy atom. The van der Waals surface area contributed by atoms with E-state index >= 15 is 0 Å². The molecule has 8 rings (SSSR count). The van der Waals surface area contributed by atoms with Crippen LogP contribution in [0.25, 0.3) is 33.7 Å². The van der Waals surface area contributed by atoms with Crippen LogP contribution in [0.15, 0.2) is 109 Å². The Balaban J connectivity index is 0.000000198. The van der Waals surface area contributed by atoms with Gasteiger partial charge in [0.25, 0.3) is 0 Å². The van der Waals surface area contributed by atoms with Crippen molar-refractivity contribution in [3.8, 4) is 0 Å². The molecule has 268 valence electrons. The minimum absolute atomic E-state index is 0. The van der Waals surface area contributed by atoms with Gasteiger partial charge in [0.05, 0.1) is 0 Å². The molecule has 0 N–H and O–H groups in total. The SMILES string of the molecule is CC1(C)C=Cc2cc3c(cc21)[cH-]c1cc2c(cc13)C=CC2(C)C.FC(F)(F)c1cccc([C](=[Zr+2])c2cccc(C(F)(F)F)c2)c1.[C-]1=CC=CC1.[Cl-].[Cl-]. The smallest absolute Gasteiger partial charge is 0.109 e. The van der Waals surface area contributed by atoms with E-state index in [4.69, 9.17) is 0 Å². The molecule has 0 spiro atoms. The van der Waals surface area contributed by atoms with Crippen LogP contribution in [-0.2, 0) is 47.4 Å². The Kier molecular flexibility index (Phi) is 12.4. The summed E-state index contributed by atoms with van der Waals surface area (Å²) >= 11 is 0.729. The first kappa shape index (κ1) is 41.4. The van der Waals surface area contributed by atoms with Crippen LogP contribution in [-0.4, -0.2) is 3.21 Å². The summed E-state index contributed by atoms with van der Waals surface area (Å²) in [6, 6.07) is 21.1. The zero-order chi connectivity index (χ0) is 36.1. The van der Waals surface area contributed by atoms with Crippen molar-refractivity contribution in [2.24, 2.45) is 0 Å². The molecule has 0 bridgehead atoms. The number of rotatable bonds is 2. The molecular weight excluding hydrogens is 793 g/mol. The van der Waals surface area contributed by atoms with Gasteiger partial charge in [-0.2, -0.15) is 6.08 Å². The van der Waals surface area contributed by atoms with Crippen molar-refractivity contribution in [2.45, 2.75) is 57.3 Å². The Labute approximate surface area is 327 Å². The van der Waals surface area contributed by atoms with E-state index in [1.54, 1.807) is 0 Å². The van der Waals surface area contributed by atoms with Crippen molar-refractivity contribution < 1.29 is 75.4 Å². The largest absolute Gasteiger partial charge is 1.00 e. The summed E-state index contributed by atoms with van der Waals surface area (Å²) in [5, 5.41) is 5.53. The second kappa shape index (κ2) is 15.5. The molecule has 0 saturated carbocycles. The third kappa shape index (κ3) is 8.70. The van der Waals surface area contributed by atoms with Gasteiger partial charge < -0.3 is 24.8 Å². The van der Waals surface area contributed by atoms with Crippen LogP contribution >= 0.6 is 0 Å². The first-order valence-corrected chi connectivity index (χ1v) is 17.4. The first-order valence-electron chi connectivity index (χ1n) is 16.2. The van der Waals surface area contributed by atoms with E-state index in [1.165, 1.54) is 68.1 Å². The van der Waals surface area contributed by atoms with Crippen LogP contribution in [0.3, 0.4) is 0 Å². The summed E-state index contributed by atoms with van der Waals surface area (Å²) < 4.78 is 76.7. The Morgan fingerprint density at radius 1 is 0.673 bits per heavy atom. The van der Waals surface area contributed by atoms with Crippen molar-refractivity contribution in [1.82, 2.24) is 0 Å². The van der Waals surface area contributed by atoms with Gasteiger partial charge in [0.15, 0.2) is 0 Å². The van der Waals surface area contributed by atoms with Gasteiger partial charge in [-0.25, -0.2) is 12.2 Å². The quantitative estimate of drug-likeness (QED) is 0.142. The molecule has 0 fully saturated rings. The zero-order valence-corrected chi connectivity index (χ0v) is 32.7. The molecule has 9 heteroatoms. The molecule has 0 aromatic heterocycles. The first-order chi connectivity index (χ1) is 23.4. The van der Waals surface area contributed by atoms with Crippen LogP contribution < -0.4 is 24.8 Å². The molecule has 0 aliphatic heterocycles. The fraction of sp³-hybridized carbons (Fsp3) is 0.209. The molecule has 0 atom stereocenters. The van der Waals surface area contributed by atoms with E-state index in [1.807, 2.05) is 12.2 Å². The maximum absolute atomic E-state index is 12.7. The van der Waals surface area contributed by atoms with E-state index in [2.05, 4.69) is 94.5 Å². The van der Waals surface area contributed by atoms with E-state index in [0.717, 1.165) is 54.9 Å². The second-order valence-electron chi connectivity index (χ2n) is 13.8. The number of halogens is 8. The van der Waals surface area contributed by atoms with Gasteiger partial charge in [-0.15, -0.1) is 46.2 Å². The predicted octanol–water partition coefficient (Wildman–Crippen LogP) is 6.47. The average molecular weight is 827 g/mol. The topological polar surface area (TPSA) is 0 Å². The van der Waals surface area contributed by atoms with Gasteiger partial charge in [0, 0.05) is 10.8 Å². The minimum atomic E-state index is -4.49. The van der Waals surface area contributed by atoms with Crippen molar-refractivity contribution in [3.05, 3.63) is 160 Å². The summed E-state index contributed by atoms with van der Waals surface area (Å²) in [6.45, 7) is 9.19. The average Bonchev–Trinajstić information content (AvgIpc) is 3.87. The van der Waals surface area contributed by atoms with Crippen LogP contribution in [0.1, 0.15) is 78.6 Å². The van der Waals surface area contributed by atoms with Crippen LogP contribution in [0.5, 0.6) is 0 Å². The molecule has 5 aromatic carbocycles. The molecule has 0 heterocycles. The fourth-order valence-corrected chi connectivity index (χ4v) is 7.28. The van der Waals surface area contributed by atoms with Gasteiger partial charge in [-0.3, -0.25) is 6.08 Å². The van der Waals surface area contributed by atoms with Crippen LogP contribution in [0, 0.1) is 6.08 Å². The monoisotopic (exact) mass is 824 g/mol. The minimum Gasteiger partial charge on any atom is -1.00 e. The fourth-order valence-electron chi connectivity index (χ4n) is 6.52. The van der Waals surface area contributed by atoms with Crippen molar-refractivity contribution in [3.63, 3.8) is 0 Å². The Hall–Kier alpha value is -3.38. The summed E-state index contributed by atoms with van der Waals surface area (Å²) in [5.41, 5.74) is 4.87. The Bertz CT molecular complexity index is 2090. The van der Waals surface area contributed by atoms with E-state index < -0.39 is 23.5 Å². The standard InChI is InChI=1S/C23H21.C15H8F6.C5H5.2ClH.Zr/c1-22(2)7-5-14-10-18-16(12-20(14)22)9-17-13-21-15(11-19(17)18)6-8-23(21,3)4;16-14(17,18)12-5-1-3-10(8-12)7-11-4-2-6-13(9-11)15(19,20)21;1-2-4-5-3-1;;;/h5-13H,1-4H3;1-6,8-9H;1-3H,4H2;2*1H;/q-1;;-1;;;+2/p-2. The van der Waals surface area contributed by atoms with E-state index in [0.29, 0.717) is 3.21 Å². The molecule has 0 saturated heterocycles. The predicted molar refractivity (Wildman–Crippen MR) is 189 cm³/mol. The molecule has 0 nitrogen and oxygen atoms in total. The molecule has 3 aliphatic carbocycles. The number of fused-ring (bicyclic) bond motifs is 5. The zero-order valence-electron chi connectivity index (χ0n) is 28.8. The normalized spacial score (nSPS) is 15.6.